The van der Waals surface area contributed by atoms with Crippen LogP contribution < -0.4 is 16.4 Å². The number of benzene rings is 2. The number of rotatable bonds is 7. The van der Waals surface area contributed by atoms with Gasteiger partial charge in [-0.15, -0.1) is 5.10 Å². The van der Waals surface area contributed by atoms with Crippen LogP contribution in [0.2, 0.25) is 5.02 Å². The van der Waals surface area contributed by atoms with Crippen LogP contribution in [0.25, 0.3) is 0 Å². The lowest BCUT2D eigenvalue weighted by molar-refractivity contribution is -0.126. The van der Waals surface area contributed by atoms with E-state index in [1.807, 2.05) is 30.3 Å². The summed E-state index contributed by atoms with van der Waals surface area (Å²) in [7, 11) is 0. The summed E-state index contributed by atoms with van der Waals surface area (Å²) in [6.45, 7) is 0. The Morgan fingerprint density at radius 3 is 2.43 bits per heavy atom. The molecule has 3 aromatic rings. The Bertz CT molecular complexity index is 943. The minimum atomic E-state index is -0.822. The van der Waals surface area contributed by atoms with Gasteiger partial charge in [0.25, 0.3) is 0 Å². The average molecular weight is 399 g/mol. The van der Waals surface area contributed by atoms with Crippen LogP contribution in [-0.4, -0.2) is 33.0 Å². The van der Waals surface area contributed by atoms with Crippen LogP contribution in [0, 0.1) is 0 Å². The third-order valence-corrected chi connectivity index (χ3v) is 4.20. The first kappa shape index (κ1) is 19.4. The van der Waals surface area contributed by atoms with E-state index >= 15 is 0 Å². The molecule has 0 saturated carbocycles. The van der Waals surface area contributed by atoms with E-state index in [-0.39, 0.29) is 30.6 Å². The maximum absolute atomic E-state index is 12.7. The Morgan fingerprint density at radius 1 is 1.07 bits per heavy atom. The maximum Gasteiger partial charge on any atom is 0.250 e. The van der Waals surface area contributed by atoms with Gasteiger partial charge in [-0.3, -0.25) is 14.9 Å². The van der Waals surface area contributed by atoms with E-state index < -0.39 is 11.9 Å². The van der Waals surface area contributed by atoms with Gasteiger partial charge in [-0.25, -0.2) is 5.10 Å². The van der Waals surface area contributed by atoms with Crippen molar-refractivity contribution in [3.05, 3.63) is 70.7 Å². The van der Waals surface area contributed by atoms with Crippen LogP contribution in [0.1, 0.15) is 11.1 Å². The van der Waals surface area contributed by atoms with Crippen molar-refractivity contribution in [3.8, 4) is 0 Å². The fourth-order valence-corrected chi connectivity index (χ4v) is 2.75. The van der Waals surface area contributed by atoms with Crippen LogP contribution in [0.5, 0.6) is 0 Å². The average Bonchev–Trinajstić information content (AvgIpc) is 3.08. The lowest BCUT2D eigenvalue weighted by Crippen LogP contribution is -2.46. The van der Waals surface area contributed by atoms with E-state index in [1.165, 1.54) is 0 Å². The number of halogens is 1. The van der Waals surface area contributed by atoms with Gasteiger partial charge in [-0.2, -0.15) is 4.98 Å². The second-order valence-electron chi connectivity index (χ2n) is 6.15. The molecule has 2 amide bonds. The highest BCUT2D eigenvalue weighted by Gasteiger charge is 2.22. The molecular weight excluding hydrogens is 380 g/mol. The molecule has 0 spiro atoms. The van der Waals surface area contributed by atoms with Crippen molar-refractivity contribution in [2.45, 2.75) is 18.9 Å². The number of aromatic amines is 1. The summed E-state index contributed by atoms with van der Waals surface area (Å²) < 4.78 is 0. The van der Waals surface area contributed by atoms with Gasteiger partial charge in [0.05, 0.1) is 6.42 Å². The number of nitrogen functional groups attached to an aromatic ring is 1. The number of amides is 2. The van der Waals surface area contributed by atoms with E-state index in [2.05, 4.69) is 25.8 Å². The second-order valence-corrected chi connectivity index (χ2v) is 6.58. The minimum Gasteiger partial charge on any atom is -0.368 e. The van der Waals surface area contributed by atoms with E-state index in [0.717, 1.165) is 11.1 Å². The zero-order chi connectivity index (χ0) is 19.9. The summed E-state index contributed by atoms with van der Waals surface area (Å²) in [6, 6.07) is 15.5. The number of nitrogens with zero attached hydrogens (tertiary/aromatic N) is 2. The smallest absolute Gasteiger partial charge is 0.250 e. The third kappa shape index (κ3) is 5.55. The Kier molecular flexibility index (Phi) is 6.23. The van der Waals surface area contributed by atoms with Crippen molar-refractivity contribution in [1.29, 1.82) is 0 Å². The fourth-order valence-electron chi connectivity index (χ4n) is 2.62. The number of hydrogen-bond donors (Lipinski definition) is 4. The molecule has 28 heavy (non-hydrogen) atoms. The number of nitrogens with one attached hydrogen (secondary N) is 3. The van der Waals surface area contributed by atoms with E-state index in [4.69, 9.17) is 17.3 Å². The zero-order valence-corrected chi connectivity index (χ0v) is 15.6. The number of nitrogens with two attached hydrogens (primary N) is 1. The van der Waals surface area contributed by atoms with Crippen LogP contribution in [0.15, 0.2) is 54.6 Å². The van der Waals surface area contributed by atoms with Gasteiger partial charge in [0.1, 0.15) is 6.04 Å². The summed E-state index contributed by atoms with van der Waals surface area (Å²) in [4.78, 5) is 29.0. The molecule has 0 saturated heterocycles. The number of anilines is 2. The van der Waals surface area contributed by atoms with Gasteiger partial charge in [0.2, 0.25) is 23.7 Å². The molecule has 0 aliphatic rings. The number of hydrogen-bond acceptors (Lipinski definition) is 5. The van der Waals surface area contributed by atoms with Crippen LogP contribution in [0.4, 0.5) is 11.9 Å². The first-order valence-electron chi connectivity index (χ1n) is 8.56. The number of carbonyl (C=O) groups excluding carboxylic acids is 2. The first-order valence-corrected chi connectivity index (χ1v) is 8.94. The Hall–Kier alpha value is -3.39. The Morgan fingerprint density at radius 2 is 1.79 bits per heavy atom. The molecule has 0 aliphatic carbocycles. The van der Waals surface area contributed by atoms with Crippen LogP contribution in [-0.2, 0) is 22.4 Å². The topological polar surface area (TPSA) is 126 Å². The van der Waals surface area contributed by atoms with Gasteiger partial charge < -0.3 is 11.1 Å². The van der Waals surface area contributed by atoms with Crippen molar-refractivity contribution in [1.82, 2.24) is 20.5 Å². The fraction of sp³-hybridized carbons (Fsp3) is 0.158. The molecular formula is C19H19ClN6O2. The van der Waals surface area contributed by atoms with Gasteiger partial charge >= 0.3 is 0 Å². The maximum atomic E-state index is 12.7. The molecule has 144 valence electrons. The number of aromatic nitrogens is 3. The summed E-state index contributed by atoms with van der Waals surface area (Å²) in [5, 5.41) is 12.1. The van der Waals surface area contributed by atoms with E-state index in [9.17, 15) is 9.59 Å². The Labute approximate surface area is 166 Å². The predicted molar refractivity (Wildman–Crippen MR) is 107 cm³/mol. The van der Waals surface area contributed by atoms with Crippen LogP contribution in [0.3, 0.4) is 0 Å². The molecule has 1 unspecified atom stereocenters. The van der Waals surface area contributed by atoms with Crippen molar-refractivity contribution in [2.75, 3.05) is 11.1 Å². The van der Waals surface area contributed by atoms with Crippen molar-refractivity contribution < 1.29 is 9.59 Å². The Balaban J connectivity index is 1.71. The quantitative estimate of drug-likeness (QED) is 0.484. The molecule has 0 aliphatic heterocycles. The summed E-state index contributed by atoms with van der Waals surface area (Å²) in [5.41, 5.74) is 7.17. The molecule has 0 fully saturated rings. The largest absolute Gasteiger partial charge is 0.368 e. The predicted octanol–water partition coefficient (Wildman–Crippen LogP) is 1.95. The van der Waals surface area contributed by atoms with Gasteiger partial charge in [-0.05, 0) is 23.3 Å². The highest BCUT2D eigenvalue weighted by Crippen LogP contribution is 2.12. The molecule has 1 heterocycles. The summed E-state index contributed by atoms with van der Waals surface area (Å²) >= 11 is 5.91. The SMILES string of the molecule is Nc1nc(NC(=O)C(Cc2ccc(Cl)cc2)NC(=O)Cc2ccccc2)n[nH]1. The summed E-state index contributed by atoms with van der Waals surface area (Å²) in [6.07, 6.45) is 0.447. The molecule has 3 rings (SSSR count). The van der Waals surface area contributed by atoms with Gasteiger partial charge in [0.15, 0.2) is 0 Å². The normalized spacial score (nSPS) is 11.6. The van der Waals surface area contributed by atoms with Crippen molar-refractivity contribution in [2.24, 2.45) is 0 Å². The van der Waals surface area contributed by atoms with Crippen molar-refractivity contribution in [3.63, 3.8) is 0 Å². The van der Waals surface area contributed by atoms with Crippen molar-refractivity contribution >= 4 is 35.3 Å². The number of carbonyl (C=O) groups is 2. The lowest BCUT2D eigenvalue weighted by atomic mass is 10.0. The summed E-state index contributed by atoms with van der Waals surface area (Å²) in [5.74, 6) is -0.594. The third-order valence-electron chi connectivity index (χ3n) is 3.95. The standard InChI is InChI=1S/C19H19ClN6O2/c20-14-8-6-13(7-9-14)10-15(17(28)23-19-24-18(21)25-26-19)22-16(27)11-12-4-2-1-3-5-12/h1-9,15H,10-11H2,(H,22,27)(H4,21,23,24,25,26,28). The van der Waals surface area contributed by atoms with E-state index in [0.29, 0.717) is 5.02 Å². The monoisotopic (exact) mass is 398 g/mol. The first-order chi connectivity index (χ1) is 13.5. The second kappa shape index (κ2) is 9.01. The minimum absolute atomic E-state index is 0.0425. The molecule has 5 N–H and O–H groups in total. The molecule has 1 atom stereocenters. The molecule has 2 aromatic carbocycles. The molecule has 0 bridgehead atoms. The van der Waals surface area contributed by atoms with Gasteiger partial charge in [0, 0.05) is 11.4 Å². The highest BCUT2D eigenvalue weighted by atomic mass is 35.5. The highest BCUT2D eigenvalue weighted by molar-refractivity contribution is 6.30. The van der Waals surface area contributed by atoms with Crippen LogP contribution >= 0.6 is 11.6 Å². The molecule has 0 radical (unpaired) electrons. The molecule has 9 heteroatoms. The number of H-pyrrole nitrogens is 1. The zero-order valence-electron chi connectivity index (χ0n) is 14.9. The molecule has 8 nitrogen and oxygen atoms in total. The van der Waals surface area contributed by atoms with E-state index in [1.54, 1.807) is 24.3 Å². The molecule has 1 aromatic heterocycles. The lowest BCUT2D eigenvalue weighted by Gasteiger charge is -2.18. The van der Waals surface area contributed by atoms with Gasteiger partial charge in [-0.1, -0.05) is 54.1 Å².